The molecular weight excluding hydrogens is 267 g/mol. The van der Waals surface area contributed by atoms with Crippen LogP contribution in [0.4, 0.5) is 24.8 Å². The molecule has 0 fully saturated rings. The molecule has 9 heteroatoms. The van der Waals surface area contributed by atoms with Crippen LogP contribution in [0.25, 0.3) is 0 Å². The third-order valence-electron chi connectivity index (χ3n) is 2.14. The first-order valence-electron chi connectivity index (χ1n) is 5.01. The van der Waals surface area contributed by atoms with Crippen LogP contribution in [0.1, 0.15) is 5.82 Å². The molecule has 0 aliphatic rings. The minimum absolute atomic E-state index is 0.0664. The van der Waals surface area contributed by atoms with Crippen LogP contribution in [0.5, 0.6) is 0 Å². The molecule has 3 N–H and O–H groups in total. The van der Waals surface area contributed by atoms with Crippen molar-refractivity contribution in [2.75, 3.05) is 35.9 Å². The molecule has 5 nitrogen and oxygen atoms in total. The third kappa shape index (κ3) is 3.91. The Kier molecular flexibility index (Phi) is 5.03. The summed E-state index contributed by atoms with van der Waals surface area (Å²) < 4.78 is 37.8. The van der Waals surface area contributed by atoms with Crippen molar-refractivity contribution in [3.63, 3.8) is 0 Å². The topological polar surface area (TPSA) is 67.1 Å². The van der Waals surface area contributed by atoms with Crippen molar-refractivity contribution in [3.05, 3.63) is 11.9 Å². The van der Waals surface area contributed by atoms with Crippen LogP contribution in [-0.2, 0) is 6.18 Å². The lowest BCUT2D eigenvalue weighted by atomic mass is 10.4. The van der Waals surface area contributed by atoms with Crippen LogP contribution in [-0.4, -0.2) is 35.6 Å². The van der Waals surface area contributed by atoms with E-state index in [2.05, 4.69) is 15.4 Å². The van der Waals surface area contributed by atoms with Crippen molar-refractivity contribution in [1.82, 2.24) is 9.97 Å². The van der Waals surface area contributed by atoms with Gasteiger partial charge in [-0.25, -0.2) is 15.8 Å². The number of rotatable bonds is 5. The molecule has 102 valence electrons. The first-order valence-corrected chi connectivity index (χ1v) is 6.41. The molecule has 0 amide bonds. The Bertz CT molecular complexity index is 398. The Balaban J connectivity index is 3.04. The van der Waals surface area contributed by atoms with Gasteiger partial charge in [-0.15, -0.1) is 0 Å². The fourth-order valence-corrected chi connectivity index (χ4v) is 1.63. The Morgan fingerprint density at radius 1 is 1.44 bits per heavy atom. The quantitative estimate of drug-likeness (QED) is 0.631. The molecule has 1 rings (SSSR count). The summed E-state index contributed by atoms with van der Waals surface area (Å²) in [5.74, 6) is 4.79. The summed E-state index contributed by atoms with van der Waals surface area (Å²) in [7, 11) is 1.67. The molecule has 0 aliphatic heterocycles. The van der Waals surface area contributed by atoms with Crippen LogP contribution in [0, 0.1) is 0 Å². The Labute approximate surface area is 107 Å². The minimum Gasteiger partial charge on any atom is -0.359 e. The highest BCUT2D eigenvalue weighted by molar-refractivity contribution is 7.98. The lowest BCUT2D eigenvalue weighted by molar-refractivity contribution is -0.144. The molecule has 1 aromatic rings. The van der Waals surface area contributed by atoms with E-state index in [1.807, 2.05) is 6.26 Å². The van der Waals surface area contributed by atoms with E-state index in [1.165, 1.54) is 6.07 Å². The summed E-state index contributed by atoms with van der Waals surface area (Å²) in [6.45, 7) is 0.583. The van der Waals surface area contributed by atoms with Gasteiger partial charge >= 0.3 is 6.18 Å². The van der Waals surface area contributed by atoms with Gasteiger partial charge in [-0.2, -0.15) is 24.9 Å². The van der Waals surface area contributed by atoms with Crippen LogP contribution in [0.3, 0.4) is 0 Å². The second kappa shape index (κ2) is 6.10. The van der Waals surface area contributed by atoms with Crippen molar-refractivity contribution in [3.8, 4) is 0 Å². The molecule has 0 atom stereocenters. The smallest absolute Gasteiger partial charge is 0.359 e. The van der Waals surface area contributed by atoms with E-state index in [1.54, 1.807) is 23.7 Å². The number of nitrogens with zero attached hydrogens (tertiary/aromatic N) is 3. The third-order valence-corrected chi connectivity index (χ3v) is 2.73. The summed E-state index contributed by atoms with van der Waals surface area (Å²) in [6, 6.07) is 1.37. The summed E-state index contributed by atoms with van der Waals surface area (Å²) in [6.07, 6.45) is -2.68. The van der Waals surface area contributed by atoms with Crippen molar-refractivity contribution in [2.45, 2.75) is 6.18 Å². The first kappa shape index (κ1) is 14.8. The van der Waals surface area contributed by atoms with Gasteiger partial charge in [0.2, 0.25) is 5.82 Å². The maximum absolute atomic E-state index is 12.6. The number of aromatic nitrogens is 2. The standard InChI is InChI=1S/C9H14F3N5S/c1-17(3-4-18-2)7-5-6(16-13)14-8(15-7)9(10,11)12/h5H,3-4,13H2,1-2H3,(H,14,15,16). The number of anilines is 2. The Hall–Kier alpha value is -1.22. The average Bonchev–Trinajstić information content (AvgIpc) is 2.34. The van der Waals surface area contributed by atoms with Gasteiger partial charge in [-0.05, 0) is 6.26 Å². The predicted octanol–water partition coefficient (Wildman–Crippen LogP) is 1.58. The van der Waals surface area contributed by atoms with E-state index in [0.717, 1.165) is 5.75 Å². The van der Waals surface area contributed by atoms with E-state index in [4.69, 9.17) is 5.84 Å². The van der Waals surface area contributed by atoms with Gasteiger partial charge < -0.3 is 10.3 Å². The van der Waals surface area contributed by atoms with E-state index in [0.29, 0.717) is 6.54 Å². The number of hydrogen-bond acceptors (Lipinski definition) is 6. The van der Waals surface area contributed by atoms with E-state index in [9.17, 15) is 13.2 Å². The van der Waals surface area contributed by atoms with Gasteiger partial charge in [-0.1, -0.05) is 0 Å². The zero-order chi connectivity index (χ0) is 13.8. The van der Waals surface area contributed by atoms with Gasteiger partial charge in [0, 0.05) is 25.4 Å². The molecule has 0 unspecified atom stereocenters. The lowest BCUT2D eigenvalue weighted by Gasteiger charge is -2.19. The van der Waals surface area contributed by atoms with E-state index >= 15 is 0 Å². The zero-order valence-electron chi connectivity index (χ0n) is 9.95. The minimum atomic E-state index is -4.60. The SMILES string of the molecule is CSCCN(C)c1cc(NN)nc(C(F)(F)F)n1. The number of hydrazine groups is 1. The second-order valence-corrected chi connectivity index (χ2v) is 4.48. The highest BCUT2D eigenvalue weighted by Crippen LogP contribution is 2.28. The first-order chi connectivity index (χ1) is 8.38. The molecule has 1 heterocycles. The molecule has 0 spiro atoms. The molecule has 0 aromatic carbocycles. The number of nitrogens with two attached hydrogens (primary N) is 1. The predicted molar refractivity (Wildman–Crippen MR) is 66.5 cm³/mol. The molecule has 1 aromatic heterocycles. The van der Waals surface area contributed by atoms with Gasteiger partial charge in [0.25, 0.3) is 0 Å². The van der Waals surface area contributed by atoms with E-state index < -0.39 is 12.0 Å². The van der Waals surface area contributed by atoms with Crippen molar-refractivity contribution >= 4 is 23.4 Å². The maximum Gasteiger partial charge on any atom is 0.451 e. The summed E-state index contributed by atoms with van der Waals surface area (Å²) in [5, 5.41) is 0. The number of nitrogens with one attached hydrogen (secondary N) is 1. The maximum atomic E-state index is 12.6. The molecule has 0 saturated heterocycles. The zero-order valence-corrected chi connectivity index (χ0v) is 10.8. The number of nitrogen functional groups attached to an aromatic ring is 1. The summed E-state index contributed by atoms with van der Waals surface area (Å²) in [5.41, 5.74) is 2.11. The van der Waals surface area contributed by atoms with Gasteiger partial charge in [0.1, 0.15) is 11.6 Å². The second-order valence-electron chi connectivity index (χ2n) is 3.49. The number of thioether (sulfide) groups is 1. The highest BCUT2D eigenvalue weighted by atomic mass is 32.2. The molecular formula is C9H14F3N5S. The Morgan fingerprint density at radius 3 is 2.61 bits per heavy atom. The van der Waals surface area contributed by atoms with Gasteiger partial charge in [0.05, 0.1) is 0 Å². The van der Waals surface area contributed by atoms with Crippen molar-refractivity contribution < 1.29 is 13.2 Å². The lowest BCUT2D eigenvalue weighted by Crippen LogP contribution is -2.24. The largest absolute Gasteiger partial charge is 0.451 e. The van der Waals surface area contributed by atoms with Crippen LogP contribution in [0.2, 0.25) is 0 Å². The number of hydrogen-bond donors (Lipinski definition) is 2. The summed E-state index contributed by atoms with van der Waals surface area (Å²) in [4.78, 5) is 8.39. The molecule has 0 radical (unpaired) electrons. The molecule has 18 heavy (non-hydrogen) atoms. The van der Waals surface area contributed by atoms with Crippen LogP contribution in [0.15, 0.2) is 6.07 Å². The number of halogens is 3. The van der Waals surface area contributed by atoms with Crippen molar-refractivity contribution in [2.24, 2.45) is 5.84 Å². The highest BCUT2D eigenvalue weighted by Gasteiger charge is 2.35. The molecule has 0 aliphatic carbocycles. The normalized spacial score (nSPS) is 11.4. The summed E-state index contributed by atoms with van der Waals surface area (Å²) >= 11 is 1.60. The van der Waals surface area contributed by atoms with Gasteiger partial charge in [0.15, 0.2) is 0 Å². The van der Waals surface area contributed by atoms with Crippen molar-refractivity contribution in [1.29, 1.82) is 0 Å². The van der Waals surface area contributed by atoms with E-state index in [-0.39, 0.29) is 11.6 Å². The van der Waals surface area contributed by atoms with Crippen LogP contribution >= 0.6 is 11.8 Å². The Morgan fingerprint density at radius 2 is 2.11 bits per heavy atom. The fraction of sp³-hybridized carbons (Fsp3) is 0.556. The average molecular weight is 281 g/mol. The monoisotopic (exact) mass is 281 g/mol. The number of alkyl halides is 3. The fourth-order valence-electron chi connectivity index (χ4n) is 1.17. The molecule has 0 saturated carbocycles. The van der Waals surface area contributed by atoms with Gasteiger partial charge in [-0.3, -0.25) is 0 Å². The van der Waals surface area contributed by atoms with Crippen LogP contribution < -0.4 is 16.2 Å². The molecule has 0 bridgehead atoms.